The summed E-state index contributed by atoms with van der Waals surface area (Å²) < 4.78 is 0. The minimum atomic E-state index is 0.486. The summed E-state index contributed by atoms with van der Waals surface area (Å²) in [7, 11) is 0. The number of rotatable bonds is 4. The molecule has 96 valence electrons. The van der Waals surface area contributed by atoms with Crippen LogP contribution < -0.4 is 4.90 Å². The van der Waals surface area contributed by atoms with Crippen molar-refractivity contribution >= 4 is 17.3 Å². The normalized spacial score (nSPS) is 9.95. The summed E-state index contributed by atoms with van der Waals surface area (Å²) in [6.45, 7) is 3.49. The molecule has 2 aromatic rings. The Hall–Kier alpha value is -2.05. The fourth-order valence-electron chi connectivity index (χ4n) is 1.94. The van der Waals surface area contributed by atoms with Gasteiger partial charge in [0.1, 0.15) is 6.07 Å². The lowest BCUT2D eigenvalue weighted by molar-refractivity contribution is 0.808. The summed E-state index contributed by atoms with van der Waals surface area (Å²) in [5.74, 6) is 0. The number of halogens is 1. The predicted molar refractivity (Wildman–Crippen MR) is 77.1 cm³/mol. The van der Waals surface area contributed by atoms with Crippen LogP contribution in [0, 0.1) is 11.3 Å². The Kier molecular flexibility index (Phi) is 4.38. The highest BCUT2D eigenvalue weighted by molar-refractivity contribution is 6.32. The minimum Gasteiger partial charge on any atom is -0.365 e. The van der Waals surface area contributed by atoms with Crippen molar-refractivity contribution in [2.75, 3.05) is 11.4 Å². The average molecular weight is 272 g/mol. The second-order valence-corrected chi connectivity index (χ2v) is 4.49. The Morgan fingerprint density at radius 2 is 2.11 bits per heavy atom. The van der Waals surface area contributed by atoms with E-state index in [0.717, 1.165) is 17.9 Å². The Morgan fingerprint density at radius 1 is 1.26 bits per heavy atom. The van der Waals surface area contributed by atoms with Gasteiger partial charge in [-0.2, -0.15) is 5.26 Å². The van der Waals surface area contributed by atoms with Gasteiger partial charge in [-0.3, -0.25) is 4.98 Å². The molecule has 0 saturated heterocycles. The van der Waals surface area contributed by atoms with Gasteiger partial charge in [-0.05, 0) is 31.2 Å². The zero-order valence-electron chi connectivity index (χ0n) is 10.7. The van der Waals surface area contributed by atoms with Crippen LogP contribution in [0.5, 0.6) is 0 Å². The molecule has 0 aliphatic carbocycles. The molecule has 0 unspecified atom stereocenters. The molecule has 1 heterocycles. The smallest absolute Gasteiger partial charge is 0.103 e. The fourth-order valence-corrected chi connectivity index (χ4v) is 2.15. The molecule has 0 atom stereocenters. The zero-order valence-corrected chi connectivity index (χ0v) is 11.4. The first kappa shape index (κ1) is 13.4. The topological polar surface area (TPSA) is 39.9 Å². The third kappa shape index (κ3) is 3.04. The molecule has 0 radical (unpaired) electrons. The largest absolute Gasteiger partial charge is 0.365 e. The van der Waals surface area contributed by atoms with Gasteiger partial charge in [0, 0.05) is 12.7 Å². The Bertz CT molecular complexity index is 590. The van der Waals surface area contributed by atoms with E-state index in [9.17, 15) is 5.26 Å². The van der Waals surface area contributed by atoms with E-state index in [-0.39, 0.29) is 0 Å². The number of pyridine rings is 1. The van der Waals surface area contributed by atoms with Crippen molar-refractivity contribution in [1.82, 2.24) is 4.98 Å². The first-order chi connectivity index (χ1) is 9.26. The van der Waals surface area contributed by atoms with E-state index >= 15 is 0 Å². The van der Waals surface area contributed by atoms with Crippen molar-refractivity contribution in [2.24, 2.45) is 0 Å². The molecule has 1 aromatic heterocycles. The maximum Gasteiger partial charge on any atom is 0.103 e. The van der Waals surface area contributed by atoms with E-state index in [4.69, 9.17) is 11.6 Å². The lowest BCUT2D eigenvalue weighted by Crippen LogP contribution is -2.23. The van der Waals surface area contributed by atoms with Gasteiger partial charge >= 0.3 is 0 Å². The molecular formula is C15H14ClN3. The number of nitriles is 1. The van der Waals surface area contributed by atoms with Crippen molar-refractivity contribution in [2.45, 2.75) is 13.5 Å². The summed E-state index contributed by atoms with van der Waals surface area (Å²) in [6.07, 6.45) is 1.77. The summed E-state index contributed by atoms with van der Waals surface area (Å²) in [4.78, 5) is 6.40. The Morgan fingerprint density at radius 3 is 2.74 bits per heavy atom. The van der Waals surface area contributed by atoms with Crippen molar-refractivity contribution in [3.63, 3.8) is 0 Å². The molecule has 0 saturated carbocycles. The molecule has 0 N–H and O–H groups in total. The molecule has 0 aliphatic heterocycles. The van der Waals surface area contributed by atoms with Gasteiger partial charge < -0.3 is 4.90 Å². The van der Waals surface area contributed by atoms with E-state index in [1.54, 1.807) is 12.3 Å². The van der Waals surface area contributed by atoms with Crippen molar-refractivity contribution < 1.29 is 0 Å². The van der Waals surface area contributed by atoms with Crippen molar-refractivity contribution in [1.29, 1.82) is 5.26 Å². The second-order valence-electron chi connectivity index (χ2n) is 4.08. The molecule has 0 bridgehead atoms. The standard InChI is InChI=1S/C15H14ClN3/c1-2-19(11-12-6-3-4-9-18-12)15-8-5-7-14(16)13(15)10-17/h3-9H,2,11H2,1H3. The summed E-state index contributed by atoms with van der Waals surface area (Å²) in [6, 6.07) is 13.5. The molecule has 2 rings (SSSR count). The Labute approximate surface area is 118 Å². The molecule has 0 amide bonds. The first-order valence-electron chi connectivity index (χ1n) is 6.09. The van der Waals surface area contributed by atoms with Crippen LogP contribution in [0.25, 0.3) is 0 Å². The summed E-state index contributed by atoms with van der Waals surface area (Å²) >= 11 is 6.07. The van der Waals surface area contributed by atoms with Crippen LogP contribution in [0.15, 0.2) is 42.6 Å². The number of aromatic nitrogens is 1. The van der Waals surface area contributed by atoms with Gasteiger partial charge in [-0.1, -0.05) is 23.7 Å². The SMILES string of the molecule is CCN(Cc1ccccn1)c1cccc(Cl)c1C#N. The van der Waals surface area contributed by atoms with Gasteiger partial charge in [0.25, 0.3) is 0 Å². The average Bonchev–Trinajstić information content (AvgIpc) is 2.45. The fraction of sp³-hybridized carbons (Fsp3) is 0.200. The monoisotopic (exact) mass is 271 g/mol. The highest BCUT2D eigenvalue weighted by Gasteiger charge is 2.13. The van der Waals surface area contributed by atoms with Crippen LogP contribution in [-0.2, 0) is 6.54 Å². The van der Waals surface area contributed by atoms with Gasteiger partial charge in [0.15, 0.2) is 0 Å². The predicted octanol–water partition coefficient (Wildman–Crippen LogP) is 3.63. The van der Waals surface area contributed by atoms with E-state index in [0.29, 0.717) is 17.1 Å². The van der Waals surface area contributed by atoms with Crippen LogP contribution in [-0.4, -0.2) is 11.5 Å². The number of hydrogen-bond acceptors (Lipinski definition) is 3. The molecule has 0 fully saturated rings. The lowest BCUT2D eigenvalue weighted by Gasteiger charge is -2.24. The van der Waals surface area contributed by atoms with E-state index in [1.165, 1.54) is 0 Å². The van der Waals surface area contributed by atoms with Crippen LogP contribution in [0.3, 0.4) is 0 Å². The minimum absolute atomic E-state index is 0.486. The van der Waals surface area contributed by atoms with Crippen LogP contribution in [0.2, 0.25) is 5.02 Å². The van der Waals surface area contributed by atoms with Crippen LogP contribution in [0.4, 0.5) is 5.69 Å². The Balaban J connectivity index is 2.33. The maximum absolute atomic E-state index is 9.23. The van der Waals surface area contributed by atoms with Gasteiger partial charge in [0.2, 0.25) is 0 Å². The quantitative estimate of drug-likeness (QED) is 0.852. The highest BCUT2D eigenvalue weighted by Crippen LogP contribution is 2.27. The molecule has 4 heteroatoms. The number of nitrogens with zero attached hydrogens (tertiary/aromatic N) is 3. The molecular weight excluding hydrogens is 258 g/mol. The molecule has 19 heavy (non-hydrogen) atoms. The molecule has 0 aliphatic rings. The van der Waals surface area contributed by atoms with Crippen molar-refractivity contribution in [3.8, 4) is 6.07 Å². The number of benzene rings is 1. The first-order valence-corrected chi connectivity index (χ1v) is 6.47. The molecule has 3 nitrogen and oxygen atoms in total. The van der Waals surface area contributed by atoms with Gasteiger partial charge in [-0.25, -0.2) is 0 Å². The third-order valence-corrected chi connectivity index (χ3v) is 3.22. The number of anilines is 1. The van der Waals surface area contributed by atoms with Gasteiger partial charge in [-0.15, -0.1) is 0 Å². The molecule has 1 aromatic carbocycles. The van der Waals surface area contributed by atoms with Gasteiger partial charge in [0.05, 0.1) is 28.5 Å². The number of hydrogen-bond donors (Lipinski definition) is 0. The lowest BCUT2D eigenvalue weighted by atomic mass is 10.1. The maximum atomic E-state index is 9.23. The van der Waals surface area contributed by atoms with Crippen molar-refractivity contribution in [3.05, 3.63) is 58.9 Å². The van der Waals surface area contributed by atoms with Crippen LogP contribution >= 0.6 is 11.6 Å². The summed E-state index contributed by atoms with van der Waals surface area (Å²) in [5.41, 5.74) is 2.33. The molecule has 0 spiro atoms. The van der Waals surface area contributed by atoms with E-state index in [2.05, 4.69) is 16.0 Å². The summed E-state index contributed by atoms with van der Waals surface area (Å²) in [5, 5.41) is 9.72. The zero-order chi connectivity index (χ0) is 13.7. The van der Waals surface area contributed by atoms with E-state index < -0.39 is 0 Å². The highest BCUT2D eigenvalue weighted by atomic mass is 35.5. The van der Waals surface area contributed by atoms with E-state index in [1.807, 2.05) is 37.3 Å². The third-order valence-electron chi connectivity index (χ3n) is 2.90. The second kappa shape index (κ2) is 6.21. The van der Waals surface area contributed by atoms with Crippen LogP contribution in [0.1, 0.15) is 18.2 Å².